The Morgan fingerprint density at radius 1 is 0.646 bits per heavy atom. The first-order valence-electron chi connectivity index (χ1n) is 13.5. The van der Waals surface area contributed by atoms with Crippen molar-refractivity contribution in [3.63, 3.8) is 0 Å². The lowest BCUT2D eigenvalue weighted by Crippen LogP contribution is -2.77. The number of rotatable bonds is 19. The van der Waals surface area contributed by atoms with Crippen LogP contribution in [0.25, 0.3) is 0 Å². The minimum atomic E-state index is -8.89. The zero-order valence-electron chi connectivity index (χ0n) is 24.5. The summed E-state index contributed by atoms with van der Waals surface area (Å²) in [5.41, 5.74) is -5.53. The van der Waals surface area contributed by atoms with Gasteiger partial charge in [-0.05, 0) is 18.4 Å². The van der Waals surface area contributed by atoms with Crippen molar-refractivity contribution in [3.8, 4) is 0 Å². The van der Waals surface area contributed by atoms with Gasteiger partial charge in [0, 0.05) is 26.2 Å². The predicted octanol–water partition coefficient (Wildman–Crippen LogP) is 8.00. The van der Waals surface area contributed by atoms with Gasteiger partial charge in [-0.25, -0.2) is 0 Å². The molecule has 2 atom stereocenters. The number of amides is 1. The molecule has 2 N–H and O–H groups in total. The molecule has 0 saturated heterocycles. The van der Waals surface area contributed by atoms with Crippen LogP contribution in [0.3, 0.4) is 0 Å². The number of nitrogens with one attached hydrogen (secondary N) is 1. The fourth-order valence-electron chi connectivity index (χ4n) is 3.73. The highest BCUT2D eigenvalue weighted by molar-refractivity contribution is 5.86. The van der Waals surface area contributed by atoms with Crippen LogP contribution < -0.4 is 5.32 Å². The molecule has 0 fully saturated rings. The molecule has 1 rings (SSSR count). The first-order valence-corrected chi connectivity index (χ1v) is 13.5. The Balaban J connectivity index is 3.88. The molecule has 0 aromatic heterocycles. The van der Waals surface area contributed by atoms with Gasteiger partial charge in [-0.2, -0.15) is 74.6 Å². The molecular weight excluding hydrogens is 713 g/mol. The van der Waals surface area contributed by atoms with Crippen LogP contribution in [-0.4, -0.2) is 83.8 Å². The van der Waals surface area contributed by atoms with Gasteiger partial charge in [-0.15, -0.1) is 0 Å². The summed E-state index contributed by atoms with van der Waals surface area (Å²) in [5.74, 6) is -62.1. The average molecular weight is 741 g/mol. The quantitative estimate of drug-likeness (QED) is 0.0858. The van der Waals surface area contributed by atoms with Gasteiger partial charge >= 0.3 is 47.6 Å². The molecule has 0 aliphatic rings. The number of benzene rings is 1. The highest BCUT2D eigenvalue weighted by atomic mass is 19.4. The van der Waals surface area contributed by atoms with Crippen LogP contribution in [0.2, 0.25) is 0 Å². The molecule has 0 spiro atoms. The molecule has 2 unspecified atom stereocenters. The van der Waals surface area contributed by atoms with Crippen molar-refractivity contribution in [1.29, 1.82) is 0 Å². The molecule has 48 heavy (non-hydrogen) atoms. The smallest absolute Gasteiger partial charge is 0.375 e. The van der Waals surface area contributed by atoms with Gasteiger partial charge in [-0.3, -0.25) is 4.79 Å². The predicted molar refractivity (Wildman–Crippen MR) is 129 cm³/mol. The van der Waals surface area contributed by atoms with Crippen LogP contribution in [0, 0.1) is 0 Å². The highest BCUT2D eigenvalue weighted by Gasteiger charge is 2.96. The molecule has 1 amide bonds. The third kappa shape index (κ3) is 7.43. The molecule has 0 saturated carbocycles. The summed E-state index contributed by atoms with van der Waals surface area (Å²) in [5, 5.41) is 12.1. The second-order valence-corrected chi connectivity index (χ2v) is 10.3. The summed E-state index contributed by atoms with van der Waals surface area (Å²) >= 11 is 0. The Morgan fingerprint density at radius 2 is 1.06 bits per heavy atom. The third-order valence-corrected chi connectivity index (χ3v) is 6.68. The zero-order valence-corrected chi connectivity index (χ0v) is 24.5. The zero-order chi connectivity index (χ0) is 37.8. The molecule has 1 aromatic rings. The normalized spacial score (nSPS) is 16.4. The second-order valence-electron chi connectivity index (χ2n) is 10.3. The lowest BCUT2D eigenvalue weighted by molar-refractivity contribution is -0.466. The van der Waals surface area contributed by atoms with Crippen LogP contribution in [0.5, 0.6) is 0 Å². The van der Waals surface area contributed by atoms with Gasteiger partial charge in [0.15, 0.2) is 6.29 Å². The number of hydrogen-bond donors (Lipinski definition) is 2. The second kappa shape index (κ2) is 14.7. The number of carbonyl (C=O) groups is 1. The van der Waals surface area contributed by atoms with E-state index in [9.17, 15) is 75.8 Å². The van der Waals surface area contributed by atoms with Crippen LogP contribution in [-0.2, 0) is 20.8 Å². The number of halogens is 17. The first-order chi connectivity index (χ1) is 21.5. The summed E-state index contributed by atoms with van der Waals surface area (Å²) < 4.78 is 247. The van der Waals surface area contributed by atoms with Gasteiger partial charge in [0.05, 0.1) is 0 Å². The number of unbranched alkanes of at least 4 members (excludes halogenated alkanes) is 1. The number of aliphatic hydroxyl groups is 1. The molecule has 0 radical (unpaired) electrons. The maximum Gasteiger partial charge on any atom is 0.460 e. The molecule has 0 heterocycles. The van der Waals surface area contributed by atoms with Crippen molar-refractivity contribution in [2.45, 2.75) is 106 Å². The van der Waals surface area contributed by atoms with Crippen molar-refractivity contribution in [1.82, 2.24) is 5.32 Å². The minimum absolute atomic E-state index is 0.0328. The van der Waals surface area contributed by atoms with Crippen LogP contribution in [0.4, 0.5) is 74.6 Å². The fourth-order valence-corrected chi connectivity index (χ4v) is 3.73. The van der Waals surface area contributed by atoms with Gasteiger partial charge < -0.3 is 19.9 Å². The Bertz CT molecular complexity index is 1190. The SMILES string of the molecule is CCCCOC(CC(O)(C(=O)NCc1ccccc1)C(F)(F)C(F)(F)C(F)(F)C(F)(F)C(F)(F)C(F)(F)C(F)(F)C(F)(F)F)OCCC. The molecule has 22 heteroatoms. The maximum absolute atomic E-state index is 15.5. The van der Waals surface area contributed by atoms with Crippen molar-refractivity contribution >= 4 is 5.91 Å². The van der Waals surface area contributed by atoms with E-state index >= 15 is 8.78 Å². The van der Waals surface area contributed by atoms with Gasteiger partial charge in [0.25, 0.3) is 5.91 Å². The van der Waals surface area contributed by atoms with Crippen molar-refractivity contribution < 1.29 is 94.0 Å². The number of ether oxygens (including phenoxy) is 2. The third-order valence-electron chi connectivity index (χ3n) is 6.68. The average Bonchev–Trinajstić information content (AvgIpc) is 2.97. The molecule has 0 bridgehead atoms. The van der Waals surface area contributed by atoms with Crippen molar-refractivity contribution in [3.05, 3.63) is 35.9 Å². The molecule has 5 nitrogen and oxygen atoms in total. The molecule has 0 aliphatic carbocycles. The standard InChI is InChI=1S/C26H28F17NO4/c1-3-5-12-48-16(47-11-4-2)13-18(46,17(45)44-14-15-9-7-6-8-10-15)19(27,28)20(29,30)21(31,32)22(33,34)23(35,36)24(37,38)25(39,40)26(41,42)43/h6-10,16,46H,3-5,11-14H2,1-2H3,(H,44,45). The van der Waals surface area contributed by atoms with E-state index in [1.54, 1.807) is 0 Å². The summed E-state index contributed by atoms with van der Waals surface area (Å²) in [7, 11) is 0. The van der Waals surface area contributed by atoms with E-state index in [4.69, 9.17) is 9.47 Å². The van der Waals surface area contributed by atoms with E-state index in [1.165, 1.54) is 37.4 Å². The van der Waals surface area contributed by atoms with E-state index in [2.05, 4.69) is 0 Å². The Morgan fingerprint density at radius 3 is 1.48 bits per heavy atom. The van der Waals surface area contributed by atoms with Gasteiger partial charge in [0.1, 0.15) is 0 Å². The van der Waals surface area contributed by atoms with Gasteiger partial charge in [-0.1, -0.05) is 50.6 Å². The van der Waals surface area contributed by atoms with E-state index in [1.807, 2.05) is 0 Å². The van der Waals surface area contributed by atoms with Crippen molar-refractivity contribution in [2.75, 3.05) is 13.2 Å². The maximum atomic E-state index is 15.5. The monoisotopic (exact) mass is 741 g/mol. The summed E-state index contributed by atoms with van der Waals surface area (Å²) in [6.07, 6.45) is -12.4. The largest absolute Gasteiger partial charge is 0.460 e. The van der Waals surface area contributed by atoms with E-state index in [0.29, 0.717) is 0 Å². The lowest BCUT2D eigenvalue weighted by Gasteiger charge is -2.46. The van der Waals surface area contributed by atoms with Crippen LogP contribution in [0.1, 0.15) is 45.1 Å². The molecular formula is C26H28F17NO4. The summed E-state index contributed by atoms with van der Waals surface area (Å²) in [6.45, 7) is 0.802. The first kappa shape index (κ1) is 43.4. The van der Waals surface area contributed by atoms with Crippen molar-refractivity contribution in [2.24, 2.45) is 0 Å². The Hall–Kier alpha value is -2.62. The minimum Gasteiger partial charge on any atom is -0.375 e. The topological polar surface area (TPSA) is 67.8 Å². The molecule has 280 valence electrons. The van der Waals surface area contributed by atoms with Crippen LogP contribution in [0.15, 0.2) is 30.3 Å². The Labute approximate surface area is 260 Å². The summed E-state index contributed by atoms with van der Waals surface area (Å²) in [6, 6.07) is 6.16. The Kier molecular flexibility index (Phi) is 13.3. The summed E-state index contributed by atoms with van der Waals surface area (Å²) in [4.78, 5) is 12.8. The van der Waals surface area contributed by atoms with E-state index in [-0.39, 0.29) is 24.8 Å². The fraction of sp³-hybridized carbons (Fsp3) is 0.731. The highest BCUT2D eigenvalue weighted by Crippen LogP contribution is 2.65. The number of carbonyl (C=O) groups excluding carboxylic acids is 1. The lowest BCUT2D eigenvalue weighted by atomic mass is 9.80. The van der Waals surface area contributed by atoms with E-state index < -0.39 is 91.6 Å². The number of hydrogen-bond acceptors (Lipinski definition) is 4. The van der Waals surface area contributed by atoms with Gasteiger partial charge in [0.2, 0.25) is 5.60 Å². The van der Waals surface area contributed by atoms with E-state index in [0.717, 1.165) is 12.1 Å². The molecule has 1 aromatic carbocycles. The van der Waals surface area contributed by atoms with Crippen LogP contribution >= 0.6 is 0 Å². The molecule has 0 aliphatic heterocycles. The number of alkyl halides is 17.